The van der Waals surface area contributed by atoms with Gasteiger partial charge in [-0.3, -0.25) is 0 Å². The molecule has 1 saturated heterocycles. The van der Waals surface area contributed by atoms with E-state index in [4.69, 9.17) is 10.5 Å². The molecule has 0 radical (unpaired) electrons. The molecule has 0 bridgehead atoms. The second-order valence-corrected chi connectivity index (χ2v) is 5.62. The Morgan fingerprint density at radius 3 is 2.45 bits per heavy atom. The largest absolute Gasteiger partial charge is 0.494 e. The van der Waals surface area contributed by atoms with Crippen molar-refractivity contribution in [2.24, 2.45) is 0 Å². The Labute approximate surface area is 131 Å². The molecule has 0 amide bonds. The smallest absolute Gasteiger partial charge is 0.146 e. The predicted molar refractivity (Wildman–Crippen MR) is 87.7 cm³/mol. The number of rotatable bonds is 6. The molecule has 1 aliphatic heterocycles. The van der Waals surface area contributed by atoms with Crippen LogP contribution in [0.5, 0.6) is 5.75 Å². The average molecular weight is 298 g/mol. The predicted octanol–water partition coefficient (Wildman–Crippen LogP) is 2.59. The number of nitrogens with zero attached hydrogens (tertiary/aromatic N) is 3. The molecule has 0 unspecified atom stereocenters. The number of aromatic nitrogens is 2. The highest BCUT2D eigenvalue weighted by molar-refractivity contribution is 5.60. The van der Waals surface area contributed by atoms with Crippen molar-refractivity contribution in [3.05, 3.63) is 36.4 Å². The van der Waals surface area contributed by atoms with Gasteiger partial charge in [-0.1, -0.05) is 0 Å². The molecular formula is C17H22N4O. The Bertz CT molecular complexity index is 577. The van der Waals surface area contributed by atoms with Crippen LogP contribution in [0.3, 0.4) is 0 Å². The Morgan fingerprint density at radius 2 is 1.77 bits per heavy atom. The van der Waals surface area contributed by atoms with E-state index >= 15 is 0 Å². The maximum absolute atomic E-state index is 5.79. The number of ether oxygens (including phenoxy) is 1. The highest BCUT2D eigenvalue weighted by Crippen LogP contribution is 2.20. The molecule has 0 aliphatic carbocycles. The summed E-state index contributed by atoms with van der Waals surface area (Å²) in [5, 5.41) is 7.94. The van der Waals surface area contributed by atoms with Crippen molar-refractivity contribution in [3.8, 4) is 17.0 Å². The average Bonchev–Trinajstić information content (AvgIpc) is 3.06. The van der Waals surface area contributed by atoms with Crippen LogP contribution in [0.15, 0.2) is 36.4 Å². The molecule has 1 aliphatic rings. The fourth-order valence-electron chi connectivity index (χ4n) is 2.70. The first-order chi connectivity index (χ1) is 10.8. The molecule has 2 heterocycles. The van der Waals surface area contributed by atoms with Gasteiger partial charge in [-0.25, -0.2) is 0 Å². The van der Waals surface area contributed by atoms with Gasteiger partial charge >= 0.3 is 0 Å². The third-order valence-corrected chi connectivity index (χ3v) is 3.92. The first-order valence-electron chi connectivity index (χ1n) is 7.86. The highest BCUT2D eigenvalue weighted by Gasteiger charge is 2.10. The van der Waals surface area contributed by atoms with Gasteiger partial charge < -0.3 is 15.4 Å². The zero-order chi connectivity index (χ0) is 15.2. The number of nitrogens with two attached hydrogens (primary N) is 1. The normalized spacial score (nSPS) is 15.1. The fraction of sp³-hybridized carbons (Fsp3) is 0.412. The second-order valence-electron chi connectivity index (χ2n) is 5.62. The van der Waals surface area contributed by atoms with Gasteiger partial charge in [0.1, 0.15) is 11.6 Å². The maximum Gasteiger partial charge on any atom is 0.146 e. The molecule has 3 rings (SSSR count). The lowest BCUT2D eigenvalue weighted by Crippen LogP contribution is -2.21. The Morgan fingerprint density at radius 1 is 1.00 bits per heavy atom. The molecular weight excluding hydrogens is 276 g/mol. The van der Waals surface area contributed by atoms with Crippen LogP contribution in [0.1, 0.15) is 19.3 Å². The van der Waals surface area contributed by atoms with Crippen molar-refractivity contribution < 1.29 is 4.74 Å². The Balaban J connectivity index is 1.47. The topological polar surface area (TPSA) is 64.3 Å². The summed E-state index contributed by atoms with van der Waals surface area (Å²) in [5.74, 6) is 1.33. The quantitative estimate of drug-likeness (QED) is 0.830. The lowest BCUT2D eigenvalue weighted by atomic mass is 10.1. The van der Waals surface area contributed by atoms with Crippen LogP contribution >= 0.6 is 0 Å². The van der Waals surface area contributed by atoms with Gasteiger partial charge in [-0.05, 0) is 68.8 Å². The number of benzene rings is 1. The molecule has 1 fully saturated rings. The summed E-state index contributed by atoms with van der Waals surface area (Å²) in [4.78, 5) is 2.51. The fourth-order valence-corrected chi connectivity index (χ4v) is 2.70. The summed E-state index contributed by atoms with van der Waals surface area (Å²) in [6.45, 7) is 4.39. The van der Waals surface area contributed by atoms with Crippen molar-refractivity contribution in [3.63, 3.8) is 0 Å². The number of hydrogen-bond donors (Lipinski definition) is 1. The van der Waals surface area contributed by atoms with Crippen molar-refractivity contribution in [2.45, 2.75) is 19.3 Å². The van der Waals surface area contributed by atoms with E-state index in [1.54, 1.807) is 6.07 Å². The summed E-state index contributed by atoms with van der Waals surface area (Å²) in [5.41, 5.74) is 7.37. The molecule has 22 heavy (non-hydrogen) atoms. The SMILES string of the molecule is Nc1ccc(-c2ccc(OCCCN3CCCC3)cc2)nn1. The third kappa shape index (κ3) is 3.95. The summed E-state index contributed by atoms with van der Waals surface area (Å²) in [6, 6.07) is 11.6. The number of anilines is 1. The van der Waals surface area contributed by atoms with Crippen LogP contribution in [0, 0.1) is 0 Å². The Kier molecular flexibility index (Phi) is 4.85. The van der Waals surface area contributed by atoms with E-state index in [1.165, 1.54) is 25.9 Å². The van der Waals surface area contributed by atoms with E-state index in [0.717, 1.165) is 36.6 Å². The minimum absolute atomic E-state index is 0.432. The molecule has 1 aromatic heterocycles. The molecule has 116 valence electrons. The van der Waals surface area contributed by atoms with Crippen molar-refractivity contribution >= 4 is 5.82 Å². The van der Waals surface area contributed by atoms with Gasteiger partial charge in [0.25, 0.3) is 0 Å². The van der Waals surface area contributed by atoms with Crippen LogP contribution < -0.4 is 10.5 Å². The van der Waals surface area contributed by atoms with Gasteiger partial charge in [-0.2, -0.15) is 0 Å². The van der Waals surface area contributed by atoms with E-state index in [0.29, 0.717) is 5.82 Å². The molecule has 2 N–H and O–H groups in total. The lowest BCUT2D eigenvalue weighted by Gasteiger charge is -2.14. The summed E-state index contributed by atoms with van der Waals surface area (Å²) >= 11 is 0. The molecule has 1 aromatic carbocycles. The van der Waals surface area contributed by atoms with Crippen molar-refractivity contribution in [1.82, 2.24) is 15.1 Å². The van der Waals surface area contributed by atoms with Crippen molar-refractivity contribution in [1.29, 1.82) is 0 Å². The first-order valence-corrected chi connectivity index (χ1v) is 7.86. The van der Waals surface area contributed by atoms with E-state index in [2.05, 4.69) is 15.1 Å². The maximum atomic E-state index is 5.79. The molecule has 0 saturated carbocycles. The van der Waals surface area contributed by atoms with E-state index in [1.807, 2.05) is 30.3 Å². The summed E-state index contributed by atoms with van der Waals surface area (Å²) in [6.07, 6.45) is 3.76. The summed E-state index contributed by atoms with van der Waals surface area (Å²) in [7, 11) is 0. The molecule has 5 nitrogen and oxygen atoms in total. The number of hydrogen-bond acceptors (Lipinski definition) is 5. The first kappa shape index (κ1) is 14.8. The van der Waals surface area contributed by atoms with Gasteiger partial charge in [0.05, 0.1) is 12.3 Å². The Hall–Kier alpha value is -2.14. The van der Waals surface area contributed by atoms with Crippen LogP contribution in [0.4, 0.5) is 5.82 Å². The third-order valence-electron chi connectivity index (χ3n) is 3.92. The highest BCUT2D eigenvalue weighted by atomic mass is 16.5. The van der Waals surface area contributed by atoms with E-state index in [-0.39, 0.29) is 0 Å². The minimum atomic E-state index is 0.432. The van der Waals surface area contributed by atoms with Gasteiger partial charge in [0, 0.05) is 12.1 Å². The van der Waals surface area contributed by atoms with Crippen LogP contribution in [0.25, 0.3) is 11.3 Å². The van der Waals surface area contributed by atoms with Crippen LogP contribution in [0.2, 0.25) is 0 Å². The second kappa shape index (κ2) is 7.22. The van der Waals surface area contributed by atoms with Crippen LogP contribution in [-0.2, 0) is 0 Å². The molecule has 5 heteroatoms. The van der Waals surface area contributed by atoms with E-state index < -0.39 is 0 Å². The monoisotopic (exact) mass is 298 g/mol. The molecule has 2 aromatic rings. The number of likely N-dealkylation sites (tertiary alicyclic amines) is 1. The molecule has 0 spiro atoms. The van der Waals surface area contributed by atoms with Gasteiger partial charge in [0.2, 0.25) is 0 Å². The number of nitrogen functional groups attached to an aromatic ring is 1. The zero-order valence-electron chi connectivity index (χ0n) is 12.7. The van der Waals surface area contributed by atoms with Crippen molar-refractivity contribution in [2.75, 3.05) is 32.0 Å². The molecule has 0 atom stereocenters. The summed E-state index contributed by atoms with van der Waals surface area (Å²) < 4.78 is 5.79. The zero-order valence-corrected chi connectivity index (χ0v) is 12.7. The van der Waals surface area contributed by atoms with Gasteiger partial charge in [0.15, 0.2) is 0 Å². The lowest BCUT2D eigenvalue weighted by molar-refractivity contribution is 0.263. The standard InChI is InChI=1S/C17H22N4O/c18-17-9-8-16(19-20-17)14-4-6-15(7-5-14)22-13-3-12-21-10-1-2-11-21/h4-9H,1-3,10-13H2,(H2,18,20). The van der Waals surface area contributed by atoms with E-state index in [9.17, 15) is 0 Å². The van der Waals surface area contributed by atoms with Gasteiger partial charge in [-0.15, -0.1) is 10.2 Å². The van der Waals surface area contributed by atoms with Crippen LogP contribution in [-0.4, -0.2) is 41.3 Å². The minimum Gasteiger partial charge on any atom is -0.494 e.